The van der Waals surface area contributed by atoms with E-state index in [1.54, 1.807) is 29.7 Å². The number of methoxy groups -OCH3 is 1. The fourth-order valence-corrected chi connectivity index (χ4v) is 4.50. The zero-order valence-corrected chi connectivity index (χ0v) is 16.9. The van der Waals surface area contributed by atoms with Gasteiger partial charge in [0.25, 0.3) is 5.91 Å². The van der Waals surface area contributed by atoms with E-state index in [2.05, 4.69) is 4.99 Å². The van der Waals surface area contributed by atoms with Crippen LogP contribution in [0.2, 0.25) is 0 Å². The smallest absolute Gasteiger partial charge is 0.337 e. The van der Waals surface area contributed by atoms with E-state index in [4.69, 9.17) is 9.47 Å². The minimum absolute atomic E-state index is 0.0395. The molecule has 0 saturated heterocycles. The lowest BCUT2D eigenvalue weighted by molar-refractivity contribution is -0.143. The Hall–Kier alpha value is -2.48. The first kappa shape index (κ1) is 20.3. The molecular formula is C20H24N2O5S. The molecule has 0 N–H and O–H groups in total. The zero-order valence-electron chi connectivity index (χ0n) is 16.1. The van der Waals surface area contributed by atoms with E-state index >= 15 is 0 Å². The summed E-state index contributed by atoms with van der Waals surface area (Å²) < 4.78 is 12.3. The Labute approximate surface area is 167 Å². The van der Waals surface area contributed by atoms with Gasteiger partial charge < -0.3 is 14.0 Å². The molecule has 150 valence electrons. The topological polar surface area (TPSA) is 87.0 Å². The van der Waals surface area contributed by atoms with Crippen LogP contribution >= 0.6 is 11.3 Å². The van der Waals surface area contributed by atoms with Crippen LogP contribution in [0.4, 0.5) is 0 Å². The number of amides is 1. The quantitative estimate of drug-likeness (QED) is 0.715. The first-order chi connectivity index (χ1) is 13.5. The molecule has 7 nitrogen and oxygen atoms in total. The van der Waals surface area contributed by atoms with E-state index in [-0.39, 0.29) is 25.0 Å². The summed E-state index contributed by atoms with van der Waals surface area (Å²) in [5.41, 5.74) is 1.13. The predicted molar refractivity (Wildman–Crippen MR) is 105 cm³/mol. The Bertz CT molecular complexity index is 953. The van der Waals surface area contributed by atoms with Gasteiger partial charge >= 0.3 is 11.9 Å². The number of hydrogen-bond donors (Lipinski definition) is 0. The van der Waals surface area contributed by atoms with Gasteiger partial charge in [0.05, 0.1) is 29.5 Å². The van der Waals surface area contributed by atoms with Gasteiger partial charge in [0.1, 0.15) is 6.54 Å². The Kier molecular flexibility index (Phi) is 6.61. The average molecular weight is 404 g/mol. The van der Waals surface area contributed by atoms with Crippen molar-refractivity contribution >= 4 is 39.4 Å². The van der Waals surface area contributed by atoms with E-state index in [1.807, 2.05) is 0 Å². The molecule has 1 saturated carbocycles. The summed E-state index contributed by atoms with van der Waals surface area (Å²) in [5.74, 6) is -1.03. The van der Waals surface area contributed by atoms with Crippen molar-refractivity contribution in [1.29, 1.82) is 0 Å². The highest BCUT2D eigenvalue weighted by Gasteiger charge is 2.21. The number of hydrogen-bond acceptors (Lipinski definition) is 6. The number of carbonyl (C=O) groups is 3. The second-order valence-electron chi connectivity index (χ2n) is 6.73. The first-order valence-electron chi connectivity index (χ1n) is 9.49. The highest BCUT2D eigenvalue weighted by Crippen LogP contribution is 2.25. The van der Waals surface area contributed by atoms with Gasteiger partial charge in [-0.2, -0.15) is 4.99 Å². The fraction of sp³-hybridized carbons (Fsp3) is 0.500. The van der Waals surface area contributed by atoms with Crippen LogP contribution in [0.1, 0.15) is 49.4 Å². The fourth-order valence-electron chi connectivity index (χ4n) is 3.43. The van der Waals surface area contributed by atoms with Crippen molar-refractivity contribution in [3.8, 4) is 0 Å². The van der Waals surface area contributed by atoms with Crippen molar-refractivity contribution in [3.05, 3.63) is 28.6 Å². The standard InChI is InChI=1S/C20H24N2O5S/c1-3-27-17(23)12-22-15-10-9-14(19(25)26-2)11-16(15)28-20(22)21-18(24)13-7-5-4-6-8-13/h9-11,13H,3-8,12H2,1-2H3. The maximum atomic E-state index is 12.7. The Balaban J connectivity index is 2.04. The second kappa shape index (κ2) is 9.14. The molecule has 2 aromatic rings. The lowest BCUT2D eigenvalue weighted by Crippen LogP contribution is -2.25. The molecule has 0 spiro atoms. The van der Waals surface area contributed by atoms with E-state index < -0.39 is 11.9 Å². The van der Waals surface area contributed by atoms with Gasteiger partial charge in [0.2, 0.25) is 0 Å². The summed E-state index contributed by atoms with van der Waals surface area (Å²) in [6, 6.07) is 5.06. The number of benzene rings is 1. The van der Waals surface area contributed by atoms with Crippen molar-refractivity contribution in [2.24, 2.45) is 10.9 Å². The number of thiazole rings is 1. The number of carbonyl (C=O) groups excluding carboxylic acids is 3. The SMILES string of the molecule is CCOC(=O)Cn1c(=NC(=O)C2CCCCC2)sc2cc(C(=O)OC)ccc21. The van der Waals surface area contributed by atoms with E-state index in [0.717, 1.165) is 42.3 Å². The normalized spacial score (nSPS) is 15.6. The third kappa shape index (κ3) is 4.49. The molecule has 1 aliphatic rings. The predicted octanol–water partition coefficient (Wildman–Crippen LogP) is 3.06. The van der Waals surface area contributed by atoms with E-state index in [0.29, 0.717) is 10.4 Å². The number of rotatable bonds is 5. The molecule has 1 aromatic carbocycles. The van der Waals surface area contributed by atoms with Crippen molar-refractivity contribution in [3.63, 3.8) is 0 Å². The monoisotopic (exact) mass is 404 g/mol. The molecule has 1 heterocycles. The van der Waals surface area contributed by atoms with Crippen LogP contribution < -0.4 is 4.80 Å². The molecule has 28 heavy (non-hydrogen) atoms. The summed E-state index contributed by atoms with van der Waals surface area (Å²) in [6.07, 6.45) is 4.97. The minimum Gasteiger partial charge on any atom is -0.465 e. The summed E-state index contributed by atoms with van der Waals surface area (Å²) in [7, 11) is 1.32. The van der Waals surface area contributed by atoms with Gasteiger partial charge in [-0.25, -0.2) is 4.79 Å². The summed E-state index contributed by atoms with van der Waals surface area (Å²) in [6.45, 7) is 1.98. The van der Waals surface area contributed by atoms with Gasteiger partial charge in [-0.3, -0.25) is 9.59 Å². The summed E-state index contributed by atoms with van der Waals surface area (Å²) in [4.78, 5) is 41.4. The minimum atomic E-state index is -0.441. The first-order valence-corrected chi connectivity index (χ1v) is 10.3. The third-order valence-corrected chi connectivity index (χ3v) is 5.90. The van der Waals surface area contributed by atoms with Gasteiger partial charge in [-0.05, 0) is 38.0 Å². The van der Waals surface area contributed by atoms with Crippen LogP contribution in [-0.4, -0.2) is 36.1 Å². The third-order valence-electron chi connectivity index (χ3n) is 4.86. The molecule has 1 aromatic heterocycles. The van der Waals surface area contributed by atoms with Gasteiger partial charge in [-0.15, -0.1) is 0 Å². The van der Waals surface area contributed by atoms with Crippen molar-refractivity contribution in [2.75, 3.05) is 13.7 Å². The summed E-state index contributed by atoms with van der Waals surface area (Å²) >= 11 is 1.28. The van der Waals surface area contributed by atoms with Crippen LogP contribution in [0.5, 0.6) is 0 Å². The molecule has 1 amide bonds. The van der Waals surface area contributed by atoms with Crippen LogP contribution in [0.3, 0.4) is 0 Å². The maximum absolute atomic E-state index is 12.7. The largest absolute Gasteiger partial charge is 0.465 e. The van der Waals surface area contributed by atoms with E-state index in [9.17, 15) is 14.4 Å². The lowest BCUT2D eigenvalue weighted by atomic mass is 9.89. The van der Waals surface area contributed by atoms with Gasteiger partial charge in [-0.1, -0.05) is 30.6 Å². The van der Waals surface area contributed by atoms with Crippen LogP contribution in [0.25, 0.3) is 10.2 Å². The molecule has 0 atom stereocenters. The Morgan fingerprint density at radius 3 is 2.64 bits per heavy atom. The number of ether oxygens (including phenoxy) is 2. The Morgan fingerprint density at radius 1 is 1.21 bits per heavy atom. The highest BCUT2D eigenvalue weighted by atomic mass is 32.1. The molecule has 0 aliphatic heterocycles. The molecule has 0 unspecified atom stereocenters. The summed E-state index contributed by atoms with van der Waals surface area (Å²) in [5, 5.41) is 0. The molecule has 1 fully saturated rings. The number of nitrogens with zero attached hydrogens (tertiary/aromatic N) is 2. The Morgan fingerprint density at radius 2 is 1.96 bits per heavy atom. The number of fused-ring (bicyclic) bond motifs is 1. The second-order valence-corrected chi connectivity index (χ2v) is 7.74. The zero-order chi connectivity index (χ0) is 20.1. The van der Waals surface area contributed by atoms with E-state index in [1.165, 1.54) is 18.4 Å². The van der Waals surface area contributed by atoms with Gasteiger partial charge in [0, 0.05) is 5.92 Å². The number of aromatic nitrogens is 1. The van der Waals surface area contributed by atoms with Crippen molar-refractivity contribution in [2.45, 2.75) is 45.6 Å². The maximum Gasteiger partial charge on any atom is 0.337 e. The molecule has 0 radical (unpaired) electrons. The highest BCUT2D eigenvalue weighted by molar-refractivity contribution is 7.16. The lowest BCUT2D eigenvalue weighted by Gasteiger charge is -2.17. The molecule has 3 rings (SSSR count). The molecule has 0 bridgehead atoms. The molecule has 1 aliphatic carbocycles. The number of esters is 2. The van der Waals surface area contributed by atoms with Crippen LogP contribution in [0.15, 0.2) is 23.2 Å². The van der Waals surface area contributed by atoms with Crippen molar-refractivity contribution < 1.29 is 23.9 Å². The van der Waals surface area contributed by atoms with Crippen LogP contribution in [-0.2, 0) is 25.6 Å². The van der Waals surface area contributed by atoms with Crippen molar-refractivity contribution in [1.82, 2.24) is 4.57 Å². The van der Waals surface area contributed by atoms with Gasteiger partial charge in [0.15, 0.2) is 4.80 Å². The molecular weight excluding hydrogens is 380 g/mol. The van der Waals surface area contributed by atoms with Crippen LogP contribution in [0, 0.1) is 5.92 Å². The molecule has 8 heteroatoms. The average Bonchev–Trinajstić information content (AvgIpc) is 3.04.